The molecule has 1 unspecified atom stereocenters. The molecule has 1 aromatic heterocycles. The number of pyridine rings is 1. The summed E-state index contributed by atoms with van der Waals surface area (Å²) in [5.41, 5.74) is 1.23. The molecule has 19 heavy (non-hydrogen) atoms. The fraction of sp³-hybridized carbons (Fsp3) is 0.214. The van der Waals surface area contributed by atoms with Crippen LogP contribution in [0.1, 0.15) is 24.3 Å². The summed E-state index contributed by atoms with van der Waals surface area (Å²) in [6, 6.07) is 8.06. The van der Waals surface area contributed by atoms with Gasteiger partial charge in [-0.25, -0.2) is 4.39 Å². The molecule has 0 aliphatic rings. The summed E-state index contributed by atoms with van der Waals surface area (Å²) in [7, 11) is 0. The van der Waals surface area contributed by atoms with Crippen molar-refractivity contribution in [2.75, 3.05) is 0 Å². The number of aromatic nitrogens is 1. The first kappa shape index (κ1) is 14.0. The highest BCUT2D eigenvalue weighted by molar-refractivity contribution is 9.10. The summed E-state index contributed by atoms with van der Waals surface area (Å²) in [4.78, 5) is 4.13. The number of nitrogens with zero attached hydrogens (tertiary/aromatic N) is 1. The molecule has 3 nitrogen and oxygen atoms in total. The molecule has 0 bridgehead atoms. The van der Waals surface area contributed by atoms with E-state index in [1.807, 2.05) is 6.07 Å². The number of aliphatic hydroxyl groups excluding tert-OH is 1. The third-order valence-corrected chi connectivity index (χ3v) is 3.07. The minimum absolute atomic E-state index is 0.147. The molecule has 2 rings (SSSR count). The lowest BCUT2D eigenvalue weighted by Crippen LogP contribution is -2.00. The van der Waals surface area contributed by atoms with Crippen molar-refractivity contribution in [2.24, 2.45) is 0 Å². The van der Waals surface area contributed by atoms with Crippen LogP contribution in [-0.2, 0) is 6.61 Å². The number of aliphatic hydroxyl groups is 1. The van der Waals surface area contributed by atoms with Crippen molar-refractivity contribution in [3.63, 3.8) is 0 Å². The van der Waals surface area contributed by atoms with Crippen molar-refractivity contribution in [1.82, 2.24) is 4.98 Å². The molecule has 1 atom stereocenters. The van der Waals surface area contributed by atoms with Crippen molar-refractivity contribution in [1.29, 1.82) is 0 Å². The number of halogens is 2. The fourth-order valence-electron chi connectivity index (χ4n) is 1.54. The lowest BCUT2D eigenvalue weighted by atomic mass is 10.1. The zero-order valence-electron chi connectivity index (χ0n) is 10.3. The van der Waals surface area contributed by atoms with Crippen LogP contribution in [0.25, 0.3) is 0 Å². The summed E-state index contributed by atoms with van der Waals surface area (Å²) < 4.78 is 20.0. The highest BCUT2D eigenvalue weighted by Gasteiger charge is 2.08. The van der Waals surface area contributed by atoms with Gasteiger partial charge in [0.05, 0.1) is 11.8 Å². The van der Waals surface area contributed by atoms with E-state index in [9.17, 15) is 9.50 Å². The van der Waals surface area contributed by atoms with Gasteiger partial charge in [-0.05, 0) is 52.7 Å². The van der Waals surface area contributed by atoms with Crippen LogP contribution in [0.4, 0.5) is 4.39 Å². The van der Waals surface area contributed by atoms with Gasteiger partial charge in [-0.15, -0.1) is 0 Å². The molecule has 1 N–H and O–H groups in total. The highest BCUT2D eigenvalue weighted by atomic mass is 79.9. The largest absolute Gasteiger partial charge is 0.484 e. The van der Waals surface area contributed by atoms with E-state index in [1.165, 1.54) is 12.1 Å². The van der Waals surface area contributed by atoms with E-state index in [2.05, 4.69) is 20.9 Å². The molecule has 2 aromatic rings. The van der Waals surface area contributed by atoms with Crippen LogP contribution in [0.15, 0.2) is 41.0 Å². The van der Waals surface area contributed by atoms with Crippen LogP contribution in [0, 0.1) is 5.82 Å². The predicted octanol–water partition coefficient (Wildman–Crippen LogP) is 3.62. The first-order valence-corrected chi connectivity index (χ1v) is 6.56. The van der Waals surface area contributed by atoms with E-state index in [0.29, 0.717) is 11.3 Å². The summed E-state index contributed by atoms with van der Waals surface area (Å²) >= 11 is 3.29. The smallest absolute Gasteiger partial charge is 0.165 e. The first-order chi connectivity index (χ1) is 9.06. The molecule has 0 aliphatic heterocycles. The van der Waals surface area contributed by atoms with E-state index >= 15 is 0 Å². The summed E-state index contributed by atoms with van der Waals surface area (Å²) in [6.45, 7) is 1.78. The number of ether oxygens (including phenoxy) is 1. The van der Waals surface area contributed by atoms with E-state index < -0.39 is 11.9 Å². The lowest BCUT2D eigenvalue weighted by Gasteiger charge is -2.09. The van der Waals surface area contributed by atoms with Crippen LogP contribution in [0.3, 0.4) is 0 Å². The molecule has 1 aromatic carbocycles. The molecular weight excluding hydrogens is 313 g/mol. The number of benzene rings is 1. The van der Waals surface area contributed by atoms with E-state index in [0.717, 1.165) is 4.47 Å². The maximum absolute atomic E-state index is 13.7. The van der Waals surface area contributed by atoms with Crippen molar-refractivity contribution < 1.29 is 14.2 Å². The van der Waals surface area contributed by atoms with Gasteiger partial charge in [0.15, 0.2) is 11.6 Å². The summed E-state index contributed by atoms with van der Waals surface area (Å²) in [6.07, 6.45) is 0.961. The predicted molar refractivity (Wildman–Crippen MR) is 73.3 cm³/mol. The molecule has 100 valence electrons. The number of hydrogen-bond donors (Lipinski definition) is 1. The quantitative estimate of drug-likeness (QED) is 0.933. The Morgan fingerprint density at radius 2 is 2.16 bits per heavy atom. The molecule has 0 fully saturated rings. The lowest BCUT2D eigenvalue weighted by molar-refractivity contribution is 0.198. The molecule has 0 amide bonds. The normalized spacial score (nSPS) is 12.2. The van der Waals surface area contributed by atoms with Gasteiger partial charge < -0.3 is 9.84 Å². The topological polar surface area (TPSA) is 42.4 Å². The summed E-state index contributed by atoms with van der Waals surface area (Å²) in [5, 5.41) is 9.35. The molecule has 0 spiro atoms. The third kappa shape index (κ3) is 3.75. The molecule has 0 saturated heterocycles. The Labute approximate surface area is 119 Å². The average Bonchev–Trinajstić information content (AvgIpc) is 2.39. The monoisotopic (exact) mass is 325 g/mol. The maximum atomic E-state index is 13.7. The highest BCUT2D eigenvalue weighted by Crippen LogP contribution is 2.22. The standard InChI is InChI=1S/C14H13BrFNO2/c1-9(18)10-2-5-14(13(16)6-10)19-8-12-4-3-11(15)7-17-12/h2-7,9,18H,8H2,1H3. The summed E-state index contributed by atoms with van der Waals surface area (Å²) in [5.74, 6) is -0.343. The minimum atomic E-state index is -0.698. The van der Waals surface area contributed by atoms with Gasteiger partial charge >= 0.3 is 0 Å². The van der Waals surface area contributed by atoms with Crippen molar-refractivity contribution >= 4 is 15.9 Å². The Bertz CT molecular complexity index is 558. The molecule has 0 aliphatic carbocycles. The van der Waals surface area contributed by atoms with Crippen molar-refractivity contribution in [3.8, 4) is 5.75 Å². The number of rotatable bonds is 4. The molecule has 0 saturated carbocycles. The third-order valence-electron chi connectivity index (χ3n) is 2.60. The van der Waals surface area contributed by atoms with Gasteiger partial charge in [0.25, 0.3) is 0 Å². The first-order valence-electron chi connectivity index (χ1n) is 5.77. The molecular formula is C14H13BrFNO2. The van der Waals surface area contributed by atoms with Crippen LogP contribution < -0.4 is 4.74 Å². The van der Waals surface area contributed by atoms with Gasteiger partial charge in [-0.3, -0.25) is 4.98 Å². The van der Waals surface area contributed by atoms with Gasteiger partial charge in [0.2, 0.25) is 0 Å². The second-order valence-electron chi connectivity index (χ2n) is 4.12. The Balaban J connectivity index is 2.05. The fourth-order valence-corrected chi connectivity index (χ4v) is 1.77. The van der Waals surface area contributed by atoms with Gasteiger partial charge in [-0.2, -0.15) is 0 Å². The second kappa shape index (κ2) is 6.12. The molecule has 1 heterocycles. The minimum Gasteiger partial charge on any atom is -0.484 e. The van der Waals surface area contributed by atoms with E-state index in [-0.39, 0.29) is 12.4 Å². The van der Waals surface area contributed by atoms with E-state index in [1.54, 1.807) is 25.3 Å². The van der Waals surface area contributed by atoms with Crippen LogP contribution >= 0.6 is 15.9 Å². The molecule has 0 radical (unpaired) electrons. The Kier molecular flexibility index (Phi) is 4.50. The van der Waals surface area contributed by atoms with Crippen molar-refractivity contribution in [3.05, 3.63) is 58.1 Å². The van der Waals surface area contributed by atoms with Gasteiger partial charge in [0, 0.05) is 10.7 Å². The van der Waals surface area contributed by atoms with Gasteiger partial charge in [0.1, 0.15) is 6.61 Å². The Morgan fingerprint density at radius 1 is 1.37 bits per heavy atom. The zero-order valence-corrected chi connectivity index (χ0v) is 11.9. The van der Waals surface area contributed by atoms with Crippen LogP contribution in [0.2, 0.25) is 0 Å². The van der Waals surface area contributed by atoms with Crippen molar-refractivity contribution in [2.45, 2.75) is 19.6 Å². The van der Waals surface area contributed by atoms with E-state index in [4.69, 9.17) is 4.74 Å². The zero-order chi connectivity index (χ0) is 13.8. The SMILES string of the molecule is CC(O)c1ccc(OCc2ccc(Br)cn2)c(F)c1. The average molecular weight is 326 g/mol. The Hall–Kier alpha value is -1.46. The second-order valence-corrected chi connectivity index (χ2v) is 5.04. The maximum Gasteiger partial charge on any atom is 0.165 e. The Morgan fingerprint density at radius 3 is 2.74 bits per heavy atom. The number of hydrogen-bond acceptors (Lipinski definition) is 3. The van der Waals surface area contributed by atoms with Crippen LogP contribution in [0.5, 0.6) is 5.75 Å². The van der Waals surface area contributed by atoms with Crippen LogP contribution in [-0.4, -0.2) is 10.1 Å². The molecule has 5 heteroatoms. The van der Waals surface area contributed by atoms with Gasteiger partial charge in [-0.1, -0.05) is 6.07 Å².